The number of carbonyl (C=O) groups excluding carboxylic acids is 1. The normalized spacial score (nSPS) is 11.9. The molecule has 1 unspecified atom stereocenters. The highest BCUT2D eigenvalue weighted by Crippen LogP contribution is 2.02. The summed E-state index contributed by atoms with van der Waals surface area (Å²) in [5.74, 6) is 0.679. The van der Waals surface area contributed by atoms with E-state index in [-0.39, 0.29) is 11.8 Å². The number of ether oxygens (including phenoxy) is 1. The van der Waals surface area contributed by atoms with E-state index < -0.39 is 0 Å². The maximum atomic E-state index is 11.9. The highest BCUT2D eigenvalue weighted by Gasteiger charge is 2.10. The van der Waals surface area contributed by atoms with E-state index in [0.29, 0.717) is 24.7 Å². The summed E-state index contributed by atoms with van der Waals surface area (Å²) in [5, 5.41) is 5.92. The lowest BCUT2D eigenvalue weighted by Gasteiger charge is -2.11. The largest absolute Gasteiger partial charge is 0.384 e. The van der Waals surface area contributed by atoms with Crippen LogP contribution in [0, 0.1) is 5.92 Å². The van der Waals surface area contributed by atoms with Crippen molar-refractivity contribution in [3.8, 4) is 0 Å². The maximum Gasteiger partial charge on any atom is 0.271 e. The molecule has 0 spiro atoms. The Bertz CT molecular complexity index is 398. The van der Waals surface area contributed by atoms with Gasteiger partial charge in [0.25, 0.3) is 5.91 Å². The zero-order valence-electron chi connectivity index (χ0n) is 11.8. The van der Waals surface area contributed by atoms with Crippen molar-refractivity contribution in [2.75, 3.05) is 32.1 Å². The molecule has 0 aliphatic heterocycles. The highest BCUT2D eigenvalue weighted by atomic mass is 16.5. The maximum absolute atomic E-state index is 11.9. The molecule has 0 aliphatic carbocycles. The van der Waals surface area contributed by atoms with Crippen LogP contribution in [-0.2, 0) is 4.74 Å². The lowest BCUT2D eigenvalue weighted by atomic mass is 10.2. The van der Waals surface area contributed by atoms with Gasteiger partial charge in [0.05, 0.1) is 19.0 Å². The number of hydrogen-bond donors (Lipinski definition) is 2. The van der Waals surface area contributed by atoms with E-state index in [1.54, 1.807) is 13.3 Å². The van der Waals surface area contributed by atoms with E-state index in [1.807, 2.05) is 6.92 Å². The monoisotopic (exact) mass is 266 g/mol. The second-order valence-electron chi connectivity index (χ2n) is 4.49. The molecule has 0 radical (unpaired) electrons. The van der Waals surface area contributed by atoms with E-state index in [2.05, 4.69) is 27.5 Å². The van der Waals surface area contributed by atoms with Crippen molar-refractivity contribution in [3.63, 3.8) is 0 Å². The minimum Gasteiger partial charge on any atom is -0.384 e. The molecule has 1 aromatic rings. The van der Waals surface area contributed by atoms with E-state index in [0.717, 1.165) is 13.0 Å². The van der Waals surface area contributed by atoms with Gasteiger partial charge < -0.3 is 15.4 Å². The summed E-state index contributed by atoms with van der Waals surface area (Å²) in [6.45, 7) is 6.05. The molecule has 1 heterocycles. The number of anilines is 1. The predicted octanol–water partition coefficient (Wildman–Crippen LogP) is 1.31. The number of aromatic nitrogens is 2. The third-order valence-electron chi connectivity index (χ3n) is 2.49. The fraction of sp³-hybridized carbons (Fsp3) is 0.615. The molecule has 106 valence electrons. The Morgan fingerprint density at radius 2 is 2.26 bits per heavy atom. The second-order valence-corrected chi connectivity index (χ2v) is 4.49. The summed E-state index contributed by atoms with van der Waals surface area (Å²) >= 11 is 0. The van der Waals surface area contributed by atoms with Crippen LogP contribution >= 0.6 is 0 Å². The first-order valence-corrected chi connectivity index (χ1v) is 6.50. The topological polar surface area (TPSA) is 76.1 Å². The smallest absolute Gasteiger partial charge is 0.271 e. The molecule has 1 aromatic heterocycles. The number of hydrogen-bond acceptors (Lipinski definition) is 5. The van der Waals surface area contributed by atoms with Gasteiger partial charge in [-0.05, 0) is 12.3 Å². The lowest BCUT2D eigenvalue weighted by Crippen LogP contribution is -2.30. The van der Waals surface area contributed by atoms with Crippen molar-refractivity contribution in [3.05, 3.63) is 18.1 Å². The van der Waals surface area contributed by atoms with Crippen LogP contribution in [0.3, 0.4) is 0 Å². The Labute approximate surface area is 114 Å². The van der Waals surface area contributed by atoms with Crippen molar-refractivity contribution in [2.45, 2.75) is 20.3 Å². The van der Waals surface area contributed by atoms with Gasteiger partial charge in [0.15, 0.2) is 0 Å². The third-order valence-corrected chi connectivity index (χ3v) is 2.49. The van der Waals surface area contributed by atoms with Gasteiger partial charge in [-0.25, -0.2) is 4.98 Å². The first-order valence-electron chi connectivity index (χ1n) is 6.50. The highest BCUT2D eigenvalue weighted by molar-refractivity contribution is 5.92. The van der Waals surface area contributed by atoms with Gasteiger partial charge in [-0.3, -0.25) is 9.78 Å². The van der Waals surface area contributed by atoms with Gasteiger partial charge in [-0.2, -0.15) is 0 Å². The molecule has 0 saturated carbocycles. The number of methoxy groups -OCH3 is 1. The van der Waals surface area contributed by atoms with Crippen LogP contribution in [0.25, 0.3) is 0 Å². The number of rotatable bonds is 8. The molecule has 0 bridgehead atoms. The van der Waals surface area contributed by atoms with Crippen molar-refractivity contribution in [1.82, 2.24) is 15.3 Å². The molecule has 1 atom stereocenters. The standard InChI is InChI=1S/C13H22N4O2/c1-4-5-15-12-8-14-7-11(17-12)13(18)16-6-10(2)9-19-3/h7-8,10H,4-6,9H2,1-3H3,(H,15,17)(H,16,18). The molecular formula is C13H22N4O2. The Balaban J connectivity index is 2.51. The number of amides is 1. The minimum absolute atomic E-state index is 0.212. The van der Waals surface area contributed by atoms with Crippen molar-refractivity contribution >= 4 is 11.7 Å². The molecule has 1 amide bonds. The quantitative estimate of drug-likeness (QED) is 0.742. The van der Waals surface area contributed by atoms with Crippen molar-refractivity contribution < 1.29 is 9.53 Å². The fourth-order valence-corrected chi connectivity index (χ4v) is 1.51. The van der Waals surface area contributed by atoms with Crippen LogP contribution in [0.15, 0.2) is 12.4 Å². The zero-order valence-corrected chi connectivity index (χ0v) is 11.8. The van der Waals surface area contributed by atoms with Gasteiger partial charge in [0, 0.05) is 20.2 Å². The molecular weight excluding hydrogens is 244 g/mol. The zero-order chi connectivity index (χ0) is 14.1. The average molecular weight is 266 g/mol. The van der Waals surface area contributed by atoms with E-state index in [1.165, 1.54) is 6.20 Å². The summed E-state index contributed by atoms with van der Waals surface area (Å²) in [7, 11) is 1.65. The molecule has 0 aliphatic rings. The summed E-state index contributed by atoms with van der Waals surface area (Å²) in [6, 6.07) is 0. The molecule has 19 heavy (non-hydrogen) atoms. The number of nitrogens with one attached hydrogen (secondary N) is 2. The van der Waals surface area contributed by atoms with Crippen molar-refractivity contribution in [2.24, 2.45) is 5.92 Å². The summed E-state index contributed by atoms with van der Waals surface area (Å²) in [5.41, 5.74) is 0.325. The molecule has 0 saturated heterocycles. The predicted molar refractivity (Wildman–Crippen MR) is 74.2 cm³/mol. The van der Waals surface area contributed by atoms with Gasteiger partial charge in [0.2, 0.25) is 0 Å². The first-order chi connectivity index (χ1) is 9.17. The van der Waals surface area contributed by atoms with Gasteiger partial charge in [0.1, 0.15) is 11.5 Å². The second kappa shape index (κ2) is 8.42. The Hall–Kier alpha value is -1.69. The number of carbonyl (C=O) groups is 1. The van der Waals surface area contributed by atoms with Gasteiger partial charge in [-0.15, -0.1) is 0 Å². The minimum atomic E-state index is -0.212. The Morgan fingerprint density at radius 3 is 2.95 bits per heavy atom. The Kier molecular flexibility index (Phi) is 6.81. The first kappa shape index (κ1) is 15.4. The van der Waals surface area contributed by atoms with Crippen LogP contribution < -0.4 is 10.6 Å². The lowest BCUT2D eigenvalue weighted by molar-refractivity contribution is 0.0929. The Morgan fingerprint density at radius 1 is 1.47 bits per heavy atom. The molecule has 6 nitrogen and oxygen atoms in total. The van der Waals surface area contributed by atoms with Crippen LogP contribution in [-0.4, -0.2) is 42.7 Å². The molecule has 0 aromatic carbocycles. The average Bonchev–Trinajstić information content (AvgIpc) is 2.43. The molecule has 2 N–H and O–H groups in total. The summed E-state index contributed by atoms with van der Waals surface area (Å²) < 4.78 is 5.02. The van der Waals surface area contributed by atoms with Crippen LogP contribution in [0.5, 0.6) is 0 Å². The third kappa shape index (κ3) is 5.65. The molecule has 1 rings (SSSR count). The van der Waals surface area contributed by atoms with Crippen molar-refractivity contribution in [1.29, 1.82) is 0 Å². The number of nitrogens with zero attached hydrogens (tertiary/aromatic N) is 2. The van der Waals surface area contributed by atoms with Gasteiger partial charge in [-0.1, -0.05) is 13.8 Å². The fourth-order valence-electron chi connectivity index (χ4n) is 1.51. The SMILES string of the molecule is CCCNc1cncc(C(=O)NCC(C)COC)n1. The summed E-state index contributed by atoms with van der Waals surface area (Å²) in [4.78, 5) is 20.1. The molecule has 6 heteroatoms. The van der Waals surface area contributed by atoms with Crippen LogP contribution in [0.2, 0.25) is 0 Å². The molecule has 0 fully saturated rings. The van der Waals surface area contributed by atoms with E-state index >= 15 is 0 Å². The van der Waals surface area contributed by atoms with Gasteiger partial charge >= 0.3 is 0 Å². The van der Waals surface area contributed by atoms with E-state index in [4.69, 9.17) is 4.74 Å². The van der Waals surface area contributed by atoms with Crippen LogP contribution in [0.4, 0.5) is 5.82 Å². The summed E-state index contributed by atoms with van der Waals surface area (Å²) in [6.07, 6.45) is 4.07. The van der Waals surface area contributed by atoms with Crippen LogP contribution in [0.1, 0.15) is 30.8 Å². The van der Waals surface area contributed by atoms with E-state index in [9.17, 15) is 4.79 Å².